The van der Waals surface area contributed by atoms with Crippen molar-refractivity contribution in [1.82, 2.24) is 9.78 Å². The molecule has 2 atom stereocenters. The van der Waals surface area contributed by atoms with Gasteiger partial charge in [-0.25, -0.2) is 0 Å². The Balaban J connectivity index is 3.13. The van der Waals surface area contributed by atoms with Crippen LogP contribution in [-0.4, -0.2) is 23.0 Å². The first-order valence-electron chi connectivity index (χ1n) is 6.41. The average Bonchev–Trinajstić information content (AvgIpc) is 2.66. The molecule has 0 aromatic carbocycles. The van der Waals surface area contributed by atoms with Crippen molar-refractivity contribution in [2.75, 3.05) is 7.11 Å². The number of methoxy groups -OCH3 is 1. The molecule has 0 amide bonds. The Labute approximate surface area is 104 Å². The van der Waals surface area contributed by atoms with Gasteiger partial charge in [-0.3, -0.25) is 4.68 Å². The van der Waals surface area contributed by atoms with Gasteiger partial charge in [0.2, 0.25) is 0 Å². The number of aromatic nitrogens is 2. The van der Waals surface area contributed by atoms with E-state index in [1.54, 1.807) is 7.11 Å². The van der Waals surface area contributed by atoms with Gasteiger partial charge in [-0.1, -0.05) is 13.8 Å². The Morgan fingerprint density at radius 1 is 1.29 bits per heavy atom. The number of aryl methyl sites for hydroxylation is 1. The zero-order valence-electron chi connectivity index (χ0n) is 11.7. The van der Waals surface area contributed by atoms with E-state index in [1.165, 1.54) is 11.3 Å². The van der Waals surface area contributed by atoms with Crippen LogP contribution in [0.3, 0.4) is 0 Å². The van der Waals surface area contributed by atoms with E-state index in [4.69, 9.17) is 10.5 Å². The summed E-state index contributed by atoms with van der Waals surface area (Å²) in [6.45, 7) is 9.14. The molecule has 0 radical (unpaired) electrons. The van der Waals surface area contributed by atoms with Gasteiger partial charge in [0.1, 0.15) is 0 Å². The minimum absolute atomic E-state index is 0.0477. The molecule has 2 unspecified atom stereocenters. The summed E-state index contributed by atoms with van der Waals surface area (Å²) >= 11 is 0. The van der Waals surface area contributed by atoms with E-state index >= 15 is 0 Å². The molecule has 2 N–H and O–H groups in total. The highest BCUT2D eigenvalue weighted by Crippen LogP contribution is 2.22. The van der Waals surface area contributed by atoms with Gasteiger partial charge in [-0.15, -0.1) is 0 Å². The summed E-state index contributed by atoms with van der Waals surface area (Å²) in [6.07, 6.45) is 2.06. The average molecular weight is 239 g/mol. The van der Waals surface area contributed by atoms with E-state index in [1.807, 2.05) is 6.92 Å². The summed E-state index contributed by atoms with van der Waals surface area (Å²) in [7, 11) is 1.73. The zero-order chi connectivity index (χ0) is 13.0. The largest absolute Gasteiger partial charge is 0.380 e. The van der Waals surface area contributed by atoms with E-state index in [2.05, 4.69) is 30.6 Å². The van der Waals surface area contributed by atoms with Crippen molar-refractivity contribution in [3.8, 4) is 0 Å². The normalized spacial score (nSPS) is 14.9. The predicted octanol–water partition coefficient (Wildman–Crippen LogP) is 2.06. The van der Waals surface area contributed by atoms with E-state index in [-0.39, 0.29) is 12.1 Å². The molecule has 98 valence electrons. The lowest BCUT2D eigenvalue weighted by atomic mass is 10.0. The molecule has 0 aliphatic rings. The van der Waals surface area contributed by atoms with Crippen LogP contribution in [0.4, 0.5) is 0 Å². The van der Waals surface area contributed by atoms with E-state index in [9.17, 15) is 0 Å². The molecule has 0 fully saturated rings. The molecular weight excluding hydrogens is 214 g/mol. The Kier molecular flexibility index (Phi) is 5.15. The Hall–Kier alpha value is -0.870. The van der Waals surface area contributed by atoms with Crippen molar-refractivity contribution in [3.05, 3.63) is 17.0 Å². The van der Waals surface area contributed by atoms with Gasteiger partial charge < -0.3 is 10.5 Å². The minimum Gasteiger partial charge on any atom is -0.380 e. The smallest absolute Gasteiger partial charge is 0.0739 e. The fourth-order valence-corrected chi connectivity index (χ4v) is 2.19. The number of rotatable bonds is 6. The van der Waals surface area contributed by atoms with Gasteiger partial charge in [0.05, 0.1) is 18.3 Å². The predicted molar refractivity (Wildman–Crippen MR) is 70.1 cm³/mol. The van der Waals surface area contributed by atoms with Crippen molar-refractivity contribution in [2.24, 2.45) is 5.73 Å². The lowest BCUT2D eigenvalue weighted by Gasteiger charge is -2.13. The molecule has 0 saturated carbocycles. The molecule has 4 nitrogen and oxygen atoms in total. The molecule has 1 aromatic rings. The highest BCUT2D eigenvalue weighted by molar-refractivity contribution is 5.29. The highest BCUT2D eigenvalue weighted by Gasteiger charge is 2.19. The Morgan fingerprint density at radius 3 is 2.35 bits per heavy atom. The van der Waals surface area contributed by atoms with E-state index < -0.39 is 0 Å². The third-order valence-electron chi connectivity index (χ3n) is 3.13. The standard InChI is InChI=1S/C13H25N3O/c1-6-11-13(10(4)14)12(7-2)16(15-11)8-9(3)17-5/h9-10H,6-8,14H2,1-5H3. The Bertz CT molecular complexity index is 358. The van der Waals surface area contributed by atoms with Crippen LogP contribution < -0.4 is 5.73 Å². The second-order valence-corrected chi connectivity index (χ2v) is 4.53. The summed E-state index contributed by atoms with van der Waals surface area (Å²) in [5.41, 5.74) is 9.66. The summed E-state index contributed by atoms with van der Waals surface area (Å²) in [5, 5.41) is 4.67. The first-order valence-corrected chi connectivity index (χ1v) is 6.41. The topological polar surface area (TPSA) is 53.1 Å². The maximum atomic E-state index is 6.06. The summed E-state index contributed by atoms with van der Waals surface area (Å²) in [4.78, 5) is 0. The molecule has 0 saturated heterocycles. The number of hydrogen-bond acceptors (Lipinski definition) is 3. The summed E-state index contributed by atoms with van der Waals surface area (Å²) in [6, 6.07) is 0.0477. The molecule has 0 bridgehead atoms. The second kappa shape index (κ2) is 6.17. The number of nitrogens with zero attached hydrogens (tertiary/aromatic N) is 2. The lowest BCUT2D eigenvalue weighted by molar-refractivity contribution is 0.0989. The van der Waals surface area contributed by atoms with Crippen LogP contribution in [0.5, 0.6) is 0 Å². The fourth-order valence-electron chi connectivity index (χ4n) is 2.19. The van der Waals surface area contributed by atoms with Crippen molar-refractivity contribution < 1.29 is 4.74 Å². The van der Waals surface area contributed by atoms with Crippen LogP contribution in [-0.2, 0) is 24.1 Å². The maximum Gasteiger partial charge on any atom is 0.0739 e. The molecule has 17 heavy (non-hydrogen) atoms. The monoisotopic (exact) mass is 239 g/mol. The quantitative estimate of drug-likeness (QED) is 0.826. The third kappa shape index (κ3) is 3.07. The van der Waals surface area contributed by atoms with Gasteiger partial charge in [-0.05, 0) is 26.7 Å². The molecule has 0 aliphatic heterocycles. The zero-order valence-corrected chi connectivity index (χ0v) is 11.7. The van der Waals surface area contributed by atoms with Crippen LogP contribution in [0.15, 0.2) is 0 Å². The molecule has 1 heterocycles. The summed E-state index contributed by atoms with van der Waals surface area (Å²) < 4.78 is 7.37. The maximum absolute atomic E-state index is 6.06. The molecule has 1 aromatic heterocycles. The van der Waals surface area contributed by atoms with Gasteiger partial charge >= 0.3 is 0 Å². The number of nitrogens with two attached hydrogens (primary N) is 1. The van der Waals surface area contributed by atoms with E-state index in [0.717, 1.165) is 25.1 Å². The molecule has 4 heteroatoms. The van der Waals surface area contributed by atoms with Crippen LogP contribution in [0.25, 0.3) is 0 Å². The van der Waals surface area contributed by atoms with E-state index in [0.29, 0.717) is 0 Å². The van der Waals surface area contributed by atoms with Crippen molar-refractivity contribution in [3.63, 3.8) is 0 Å². The lowest BCUT2D eigenvalue weighted by Crippen LogP contribution is -2.18. The van der Waals surface area contributed by atoms with Gasteiger partial charge in [0, 0.05) is 24.4 Å². The molecular formula is C13H25N3O. The van der Waals surface area contributed by atoms with Gasteiger partial charge in [0.25, 0.3) is 0 Å². The van der Waals surface area contributed by atoms with Crippen LogP contribution >= 0.6 is 0 Å². The van der Waals surface area contributed by atoms with Gasteiger partial charge in [-0.2, -0.15) is 5.10 Å². The highest BCUT2D eigenvalue weighted by atomic mass is 16.5. The molecule has 0 spiro atoms. The molecule has 0 aliphatic carbocycles. The molecule has 1 rings (SSSR count). The first-order chi connectivity index (χ1) is 8.04. The SMILES string of the molecule is CCc1nn(CC(C)OC)c(CC)c1C(C)N. The van der Waals surface area contributed by atoms with Gasteiger partial charge in [0.15, 0.2) is 0 Å². The second-order valence-electron chi connectivity index (χ2n) is 4.53. The number of hydrogen-bond donors (Lipinski definition) is 1. The summed E-state index contributed by atoms with van der Waals surface area (Å²) in [5.74, 6) is 0. The minimum atomic E-state index is 0.0477. The number of ether oxygens (including phenoxy) is 1. The third-order valence-corrected chi connectivity index (χ3v) is 3.13. The van der Waals surface area contributed by atoms with Crippen LogP contribution in [0, 0.1) is 0 Å². The Morgan fingerprint density at radius 2 is 1.94 bits per heavy atom. The fraction of sp³-hybridized carbons (Fsp3) is 0.769. The van der Waals surface area contributed by atoms with Crippen LogP contribution in [0.2, 0.25) is 0 Å². The van der Waals surface area contributed by atoms with Crippen LogP contribution in [0.1, 0.15) is 50.7 Å². The van der Waals surface area contributed by atoms with Crippen molar-refractivity contribution >= 4 is 0 Å². The first kappa shape index (κ1) is 14.2. The van der Waals surface area contributed by atoms with Crippen molar-refractivity contribution in [2.45, 2.75) is 59.2 Å². The van der Waals surface area contributed by atoms with Crippen molar-refractivity contribution in [1.29, 1.82) is 0 Å².